The van der Waals surface area contributed by atoms with Crippen LogP contribution < -0.4 is 10.1 Å². The molecule has 1 atom stereocenters. The van der Waals surface area contributed by atoms with Crippen molar-refractivity contribution in [1.82, 2.24) is 10.2 Å². The van der Waals surface area contributed by atoms with E-state index in [4.69, 9.17) is 9.47 Å². The molecule has 31 heavy (non-hydrogen) atoms. The molecule has 1 aliphatic heterocycles. The zero-order valence-corrected chi connectivity index (χ0v) is 18.2. The summed E-state index contributed by atoms with van der Waals surface area (Å²) in [6.07, 6.45) is 0. The number of ether oxygens (including phenoxy) is 2. The highest BCUT2D eigenvalue weighted by Crippen LogP contribution is 2.33. The van der Waals surface area contributed by atoms with Gasteiger partial charge in [0.1, 0.15) is 18.2 Å². The number of rotatable bonds is 7. The summed E-state index contributed by atoms with van der Waals surface area (Å²) in [5.41, 5.74) is 2.91. The number of esters is 1. The Labute approximate surface area is 181 Å². The molecule has 0 aromatic heterocycles. The molecule has 0 bridgehead atoms. The molecule has 164 valence electrons. The fourth-order valence-corrected chi connectivity index (χ4v) is 3.54. The number of carbonyl (C=O) groups is 2. The molecule has 0 radical (unpaired) electrons. The normalized spacial score (nSPS) is 16.2. The van der Waals surface area contributed by atoms with Crippen LogP contribution in [0.4, 0.5) is 9.18 Å². The quantitative estimate of drug-likeness (QED) is 0.666. The third-order valence-electron chi connectivity index (χ3n) is 5.32. The third-order valence-corrected chi connectivity index (χ3v) is 5.32. The van der Waals surface area contributed by atoms with Gasteiger partial charge in [0.05, 0.1) is 23.9 Å². The van der Waals surface area contributed by atoms with Crippen LogP contribution in [0.1, 0.15) is 36.6 Å². The molecule has 0 aliphatic carbocycles. The van der Waals surface area contributed by atoms with E-state index in [2.05, 4.69) is 5.32 Å². The Morgan fingerprint density at radius 3 is 2.52 bits per heavy atom. The van der Waals surface area contributed by atoms with Gasteiger partial charge >= 0.3 is 12.0 Å². The molecule has 2 amide bonds. The number of nitrogens with one attached hydrogen (secondary N) is 1. The molecule has 2 aromatic carbocycles. The molecule has 1 heterocycles. The highest BCUT2D eigenvalue weighted by Gasteiger charge is 2.39. The van der Waals surface area contributed by atoms with E-state index in [0.29, 0.717) is 18.0 Å². The Bertz CT molecular complexity index is 1020. The van der Waals surface area contributed by atoms with Gasteiger partial charge in [-0.25, -0.2) is 14.0 Å². The molecule has 7 heteroatoms. The SMILES string of the molecule is CCOC(=O)C1=C(COc2ccc(C)c(C)c2)N(CC)C(=O)N[C@H]1c1ccccc1F. The molecule has 3 rings (SSSR count). The number of urea groups is 1. The molecule has 1 aliphatic rings. The highest BCUT2D eigenvalue weighted by atomic mass is 19.1. The average Bonchev–Trinajstić information content (AvgIpc) is 2.74. The van der Waals surface area contributed by atoms with E-state index >= 15 is 0 Å². The van der Waals surface area contributed by atoms with Gasteiger partial charge in [0.25, 0.3) is 0 Å². The Morgan fingerprint density at radius 2 is 1.87 bits per heavy atom. The predicted octanol–water partition coefficient (Wildman–Crippen LogP) is 4.42. The maximum absolute atomic E-state index is 14.6. The Balaban J connectivity index is 2.08. The lowest BCUT2D eigenvalue weighted by Gasteiger charge is -2.36. The van der Waals surface area contributed by atoms with Crippen LogP contribution in [0.15, 0.2) is 53.7 Å². The van der Waals surface area contributed by atoms with Gasteiger partial charge in [0.15, 0.2) is 0 Å². The first kappa shape index (κ1) is 22.3. The van der Waals surface area contributed by atoms with Crippen molar-refractivity contribution < 1.29 is 23.5 Å². The monoisotopic (exact) mass is 426 g/mol. The maximum Gasteiger partial charge on any atom is 0.338 e. The van der Waals surface area contributed by atoms with Gasteiger partial charge in [0, 0.05) is 12.1 Å². The maximum atomic E-state index is 14.6. The van der Waals surface area contributed by atoms with Crippen LogP contribution in [0, 0.1) is 19.7 Å². The first-order valence-corrected chi connectivity index (χ1v) is 10.3. The van der Waals surface area contributed by atoms with Crippen LogP contribution in [0.2, 0.25) is 0 Å². The topological polar surface area (TPSA) is 67.9 Å². The summed E-state index contributed by atoms with van der Waals surface area (Å²) in [7, 11) is 0. The molecule has 0 saturated carbocycles. The lowest BCUT2D eigenvalue weighted by atomic mass is 9.94. The molecule has 0 saturated heterocycles. The third kappa shape index (κ3) is 4.71. The minimum atomic E-state index is -0.978. The van der Waals surface area contributed by atoms with Gasteiger partial charge in [-0.1, -0.05) is 24.3 Å². The second-order valence-electron chi connectivity index (χ2n) is 7.26. The van der Waals surface area contributed by atoms with Crippen molar-refractivity contribution in [2.24, 2.45) is 0 Å². The number of hydrogen-bond donors (Lipinski definition) is 1. The summed E-state index contributed by atoms with van der Waals surface area (Å²) >= 11 is 0. The van der Waals surface area contributed by atoms with Gasteiger partial charge in [0.2, 0.25) is 0 Å². The largest absolute Gasteiger partial charge is 0.487 e. The Hall–Kier alpha value is -3.35. The van der Waals surface area contributed by atoms with Gasteiger partial charge in [-0.3, -0.25) is 4.90 Å². The molecule has 6 nitrogen and oxygen atoms in total. The zero-order chi connectivity index (χ0) is 22.5. The van der Waals surface area contributed by atoms with E-state index in [0.717, 1.165) is 11.1 Å². The van der Waals surface area contributed by atoms with Crippen LogP contribution in [0.25, 0.3) is 0 Å². The van der Waals surface area contributed by atoms with Crippen molar-refractivity contribution in [3.05, 3.63) is 76.2 Å². The molecule has 0 fully saturated rings. The van der Waals surface area contributed by atoms with E-state index < -0.39 is 23.9 Å². The van der Waals surface area contributed by atoms with Crippen molar-refractivity contribution in [3.8, 4) is 5.75 Å². The van der Waals surface area contributed by atoms with Crippen LogP contribution in [-0.4, -0.2) is 36.7 Å². The lowest BCUT2D eigenvalue weighted by molar-refractivity contribution is -0.139. The van der Waals surface area contributed by atoms with Crippen molar-refractivity contribution in [1.29, 1.82) is 0 Å². The minimum Gasteiger partial charge on any atom is -0.487 e. The minimum absolute atomic E-state index is 0.0388. The van der Waals surface area contributed by atoms with Crippen molar-refractivity contribution in [3.63, 3.8) is 0 Å². The number of hydrogen-bond acceptors (Lipinski definition) is 4. The van der Waals surface area contributed by atoms with E-state index in [9.17, 15) is 14.0 Å². The standard InChI is InChI=1S/C24H27FN2O4/c1-5-27-20(14-31-17-12-11-15(3)16(4)13-17)21(23(28)30-6-2)22(26-24(27)29)18-9-7-8-10-19(18)25/h7-13,22H,5-6,14H2,1-4H3,(H,26,29)/t22-/m0/s1. The van der Waals surface area contributed by atoms with Crippen LogP contribution >= 0.6 is 0 Å². The molecular weight excluding hydrogens is 399 g/mol. The fraction of sp³-hybridized carbons (Fsp3) is 0.333. The van der Waals surface area contributed by atoms with Gasteiger partial charge in [-0.15, -0.1) is 0 Å². The number of aryl methyl sites for hydroxylation is 2. The number of carbonyl (C=O) groups excluding carboxylic acids is 2. The Kier molecular flexibility index (Phi) is 6.95. The van der Waals surface area contributed by atoms with Gasteiger partial charge < -0.3 is 14.8 Å². The number of nitrogens with zero attached hydrogens (tertiary/aromatic N) is 1. The van der Waals surface area contributed by atoms with E-state index in [1.165, 1.54) is 11.0 Å². The molecule has 1 N–H and O–H groups in total. The second-order valence-corrected chi connectivity index (χ2v) is 7.26. The zero-order valence-electron chi connectivity index (χ0n) is 18.2. The average molecular weight is 426 g/mol. The highest BCUT2D eigenvalue weighted by molar-refractivity contribution is 5.95. The Morgan fingerprint density at radius 1 is 1.13 bits per heavy atom. The summed E-state index contributed by atoms with van der Waals surface area (Å²) in [6.45, 7) is 7.89. The molecular formula is C24H27FN2O4. The summed E-state index contributed by atoms with van der Waals surface area (Å²) < 4.78 is 25.8. The van der Waals surface area contributed by atoms with Crippen molar-refractivity contribution in [2.45, 2.75) is 33.7 Å². The van der Waals surface area contributed by atoms with Crippen LogP contribution in [0.5, 0.6) is 5.75 Å². The van der Waals surface area contributed by atoms with E-state index in [1.54, 1.807) is 32.0 Å². The number of halogens is 1. The molecule has 0 unspecified atom stereocenters. The smallest absolute Gasteiger partial charge is 0.338 e. The van der Waals surface area contributed by atoms with E-state index in [-0.39, 0.29) is 24.4 Å². The fourth-order valence-electron chi connectivity index (χ4n) is 3.54. The number of likely N-dealkylation sites (N-methyl/N-ethyl adjacent to an activating group) is 1. The second kappa shape index (κ2) is 9.64. The van der Waals surface area contributed by atoms with E-state index in [1.807, 2.05) is 32.0 Å². The summed E-state index contributed by atoms with van der Waals surface area (Å²) in [5, 5.41) is 2.74. The molecule has 0 spiro atoms. The van der Waals surface area contributed by atoms with Crippen LogP contribution in [-0.2, 0) is 9.53 Å². The van der Waals surface area contributed by atoms with Crippen molar-refractivity contribution >= 4 is 12.0 Å². The van der Waals surface area contributed by atoms with Gasteiger partial charge in [-0.2, -0.15) is 0 Å². The summed E-state index contributed by atoms with van der Waals surface area (Å²) in [5.74, 6) is -0.523. The first-order chi connectivity index (χ1) is 14.9. The van der Waals surface area contributed by atoms with Crippen LogP contribution in [0.3, 0.4) is 0 Å². The summed E-state index contributed by atoms with van der Waals surface area (Å²) in [6, 6.07) is 10.3. The summed E-state index contributed by atoms with van der Waals surface area (Å²) in [4.78, 5) is 27.2. The van der Waals surface area contributed by atoms with Gasteiger partial charge in [-0.05, 0) is 57.0 Å². The lowest BCUT2D eigenvalue weighted by Crippen LogP contribution is -2.49. The number of benzene rings is 2. The number of amides is 2. The first-order valence-electron chi connectivity index (χ1n) is 10.3. The predicted molar refractivity (Wildman–Crippen MR) is 115 cm³/mol. The van der Waals surface area contributed by atoms with Crippen molar-refractivity contribution in [2.75, 3.05) is 19.8 Å². The molecule has 2 aromatic rings.